The van der Waals surface area contributed by atoms with E-state index in [4.69, 9.17) is 0 Å². The van der Waals surface area contributed by atoms with Crippen LogP contribution in [0.5, 0.6) is 5.75 Å². The highest BCUT2D eigenvalue weighted by Crippen LogP contribution is 2.23. The topological polar surface area (TPSA) is 38.2 Å². The van der Waals surface area contributed by atoms with Crippen molar-refractivity contribution in [2.45, 2.75) is 12.9 Å². The van der Waals surface area contributed by atoms with Gasteiger partial charge in [0.1, 0.15) is 5.75 Å². The molecule has 21 heavy (non-hydrogen) atoms. The van der Waals surface area contributed by atoms with Crippen LogP contribution < -0.4 is 9.64 Å². The van der Waals surface area contributed by atoms with E-state index in [1.165, 1.54) is 12.1 Å². The minimum atomic E-state index is -4.68. The van der Waals surface area contributed by atoms with E-state index < -0.39 is 6.36 Å². The van der Waals surface area contributed by atoms with E-state index in [1.54, 1.807) is 36.5 Å². The molecule has 0 spiro atoms. The van der Waals surface area contributed by atoms with Gasteiger partial charge >= 0.3 is 6.36 Å². The summed E-state index contributed by atoms with van der Waals surface area (Å²) in [5, 5.41) is 0. The monoisotopic (exact) mass is 361 g/mol. The van der Waals surface area contributed by atoms with Crippen molar-refractivity contribution in [2.24, 2.45) is 0 Å². The predicted octanol–water partition coefficient (Wildman–Crippen LogP) is 3.77. The first-order valence-electron chi connectivity index (χ1n) is 5.87. The second-order valence-electron chi connectivity index (χ2n) is 4.25. The molecule has 2 aromatic rings. The molecule has 0 bridgehead atoms. The molecule has 0 aliphatic rings. The van der Waals surface area contributed by atoms with E-state index in [-0.39, 0.29) is 5.75 Å². The largest absolute Gasteiger partial charge is 0.573 e. The summed E-state index contributed by atoms with van der Waals surface area (Å²) in [7, 11) is 1.80. The van der Waals surface area contributed by atoms with Crippen molar-refractivity contribution < 1.29 is 17.9 Å². The third kappa shape index (κ3) is 4.89. The van der Waals surface area contributed by atoms with Crippen molar-refractivity contribution in [1.29, 1.82) is 0 Å². The fourth-order valence-corrected chi connectivity index (χ4v) is 1.85. The summed E-state index contributed by atoms with van der Waals surface area (Å²) in [6.07, 6.45) is -1.43. The Morgan fingerprint density at radius 3 is 2.24 bits per heavy atom. The maximum Gasteiger partial charge on any atom is 0.573 e. The average molecular weight is 362 g/mol. The number of aromatic nitrogens is 2. The van der Waals surface area contributed by atoms with Crippen molar-refractivity contribution in [1.82, 2.24) is 9.97 Å². The predicted molar refractivity (Wildman–Crippen MR) is 75.0 cm³/mol. The SMILES string of the molecule is CN(Cc1ccc(OC(F)(F)F)cc1)c1ncc(Br)cn1. The lowest BCUT2D eigenvalue weighted by Crippen LogP contribution is -2.19. The Hall–Kier alpha value is -1.83. The third-order valence-electron chi connectivity index (χ3n) is 2.52. The van der Waals surface area contributed by atoms with Gasteiger partial charge in [-0.15, -0.1) is 13.2 Å². The molecule has 0 radical (unpaired) electrons. The number of hydrogen-bond acceptors (Lipinski definition) is 4. The summed E-state index contributed by atoms with van der Waals surface area (Å²) in [6, 6.07) is 5.69. The Bertz CT molecular complexity index is 587. The van der Waals surface area contributed by atoms with Crippen molar-refractivity contribution in [2.75, 3.05) is 11.9 Å². The Morgan fingerprint density at radius 1 is 1.14 bits per heavy atom. The standard InChI is InChI=1S/C13H11BrF3N3O/c1-20(12-18-6-10(14)7-19-12)8-9-2-4-11(5-3-9)21-13(15,16)17/h2-7H,8H2,1H3. The van der Waals surface area contributed by atoms with Crippen molar-refractivity contribution in [3.8, 4) is 5.75 Å². The zero-order valence-electron chi connectivity index (χ0n) is 10.9. The normalized spacial score (nSPS) is 11.3. The van der Waals surface area contributed by atoms with E-state index in [0.29, 0.717) is 12.5 Å². The van der Waals surface area contributed by atoms with Crippen molar-refractivity contribution in [3.05, 3.63) is 46.7 Å². The summed E-state index contributed by atoms with van der Waals surface area (Å²) >= 11 is 3.24. The van der Waals surface area contributed by atoms with Gasteiger partial charge in [-0.2, -0.15) is 0 Å². The molecule has 0 saturated heterocycles. The highest BCUT2D eigenvalue weighted by Gasteiger charge is 2.30. The maximum atomic E-state index is 12.1. The van der Waals surface area contributed by atoms with Crippen LogP contribution in [0.1, 0.15) is 5.56 Å². The highest BCUT2D eigenvalue weighted by molar-refractivity contribution is 9.10. The van der Waals surface area contributed by atoms with Gasteiger partial charge in [0.15, 0.2) is 0 Å². The van der Waals surface area contributed by atoms with Gasteiger partial charge in [0, 0.05) is 26.0 Å². The molecule has 1 aromatic heterocycles. The second kappa shape index (κ2) is 6.30. The summed E-state index contributed by atoms with van der Waals surface area (Å²) in [4.78, 5) is 10.1. The Balaban J connectivity index is 2.01. The van der Waals surface area contributed by atoms with Crippen LogP contribution in [-0.4, -0.2) is 23.4 Å². The lowest BCUT2D eigenvalue weighted by molar-refractivity contribution is -0.274. The molecule has 0 aliphatic heterocycles. The minimum Gasteiger partial charge on any atom is -0.406 e. The number of nitrogens with zero attached hydrogens (tertiary/aromatic N) is 3. The summed E-state index contributed by atoms with van der Waals surface area (Å²) < 4.78 is 40.8. The summed E-state index contributed by atoms with van der Waals surface area (Å²) in [5.74, 6) is 0.280. The number of hydrogen-bond donors (Lipinski definition) is 0. The van der Waals surface area contributed by atoms with Crippen LogP contribution in [0.25, 0.3) is 0 Å². The van der Waals surface area contributed by atoms with Crippen LogP contribution in [0.2, 0.25) is 0 Å². The molecular weight excluding hydrogens is 351 g/mol. The van der Waals surface area contributed by atoms with Gasteiger partial charge in [-0.25, -0.2) is 9.97 Å². The fourth-order valence-electron chi connectivity index (χ4n) is 1.64. The lowest BCUT2D eigenvalue weighted by Gasteiger charge is -2.17. The summed E-state index contributed by atoms with van der Waals surface area (Å²) in [5.41, 5.74) is 0.818. The third-order valence-corrected chi connectivity index (χ3v) is 2.93. The van der Waals surface area contributed by atoms with Gasteiger partial charge in [-0.1, -0.05) is 12.1 Å². The molecule has 4 nitrogen and oxygen atoms in total. The van der Waals surface area contributed by atoms with Gasteiger partial charge < -0.3 is 9.64 Å². The molecule has 0 atom stereocenters. The molecule has 0 saturated carbocycles. The van der Waals surface area contributed by atoms with Gasteiger partial charge in [0.05, 0.1) is 4.47 Å². The Morgan fingerprint density at radius 2 is 1.71 bits per heavy atom. The molecule has 1 heterocycles. The maximum absolute atomic E-state index is 12.1. The van der Waals surface area contributed by atoms with Gasteiger partial charge in [-0.05, 0) is 33.6 Å². The quantitative estimate of drug-likeness (QED) is 0.830. The fraction of sp³-hybridized carbons (Fsp3) is 0.231. The Kier molecular flexibility index (Phi) is 4.66. The zero-order valence-corrected chi connectivity index (χ0v) is 12.5. The molecule has 1 aromatic carbocycles. The first-order valence-corrected chi connectivity index (χ1v) is 6.66. The molecule has 112 valence electrons. The van der Waals surface area contributed by atoms with Gasteiger partial charge in [0.2, 0.25) is 5.95 Å². The molecule has 0 aliphatic carbocycles. The zero-order chi connectivity index (χ0) is 15.5. The number of halogens is 4. The highest BCUT2D eigenvalue weighted by atomic mass is 79.9. The molecule has 0 amide bonds. The number of benzene rings is 1. The van der Waals surface area contributed by atoms with E-state index in [1.807, 2.05) is 0 Å². The number of rotatable bonds is 4. The lowest BCUT2D eigenvalue weighted by atomic mass is 10.2. The van der Waals surface area contributed by atoms with Crippen LogP contribution in [0.15, 0.2) is 41.1 Å². The van der Waals surface area contributed by atoms with Gasteiger partial charge in [-0.3, -0.25) is 0 Å². The minimum absolute atomic E-state index is 0.242. The van der Waals surface area contributed by atoms with Crippen LogP contribution in [0.3, 0.4) is 0 Å². The summed E-state index contributed by atoms with van der Waals surface area (Å²) in [6.45, 7) is 0.466. The molecule has 0 fully saturated rings. The van der Waals surface area contributed by atoms with Crippen LogP contribution >= 0.6 is 15.9 Å². The molecule has 0 unspecified atom stereocenters. The molecular formula is C13H11BrF3N3O. The van der Waals surface area contributed by atoms with E-state index in [0.717, 1.165) is 10.0 Å². The Labute approximate surface area is 127 Å². The van der Waals surface area contributed by atoms with Crippen LogP contribution in [-0.2, 0) is 6.54 Å². The van der Waals surface area contributed by atoms with E-state index in [2.05, 4.69) is 30.6 Å². The second-order valence-corrected chi connectivity index (χ2v) is 5.16. The molecule has 8 heteroatoms. The van der Waals surface area contributed by atoms with Crippen LogP contribution in [0, 0.1) is 0 Å². The van der Waals surface area contributed by atoms with Gasteiger partial charge in [0.25, 0.3) is 0 Å². The van der Waals surface area contributed by atoms with Crippen LogP contribution in [0.4, 0.5) is 19.1 Å². The van der Waals surface area contributed by atoms with Crippen molar-refractivity contribution in [3.63, 3.8) is 0 Å². The number of anilines is 1. The number of alkyl halides is 3. The first-order chi connectivity index (χ1) is 9.83. The molecule has 2 rings (SSSR count). The smallest absolute Gasteiger partial charge is 0.406 e. The average Bonchev–Trinajstić information content (AvgIpc) is 2.40. The first kappa shape index (κ1) is 15.6. The van der Waals surface area contributed by atoms with E-state index >= 15 is 0 Å². The van der Waals surface area contributed by atoms with E-state index in [9.17, 15) is 13.2 Å². The number of ether oxygens (including phenoxy) is 1. The molecule has 0 N–H and O–H groups in total. The van der Waals surface area contributed by atoms with Crippen molar-refractivity contribution >= 4 is 21.9 Å².